The van der Waals surface area contributed by atoms with Crippen LogP contribution in [0.4, 0.5) is 13.2 Å². The SMILES string of the molecule is CN(C)CC1CN(C(=O)CCc2ccccc2)Cc2nccn2C1.O=C(O)C(F)(F)F. The largest absolute Gasteiger partial charge is 0.490 e. The Morgan fingerprint density at radius 2 is 1.84 bits per heavy atom. The van der Waals surface area contributed by atoms with Gasteiger partial charge in [-0.3, -0.25) is 4.79 Å². The number of carbonyl (C=O) groups is 2. The lowest BCUT2D eigenvalue weighted by molar-refractivity contribution is -0.192. The first kappa shape index (κ1) is 24.4. The van der Waals surface area contributed by atoms with Gasteiger partial charge in [0.15, 0.2) is 0 Å². The molecule has 0 saturated heterocycles. The van der Waals surface area contributed by atoms with Crippen molar-refractivity contribution >= 4 is 11.9 Å². The van der Waals surface area contributed by atoms with Crippen molar-refractivity contribution < 1.29 is 27.9 Å². The summed E-state index contributed by atoms with van der Waals surface area (Å²) in [5.74, 6) is -1.12. The van der Waals surface area contributed by atoms with E-state index < -0.39 is 12.1 Å². The number of imidazole rings is 1. The molecule has 1 N–H and O–H groups in total. The normalized spacial score (nSPS) is 16.2. The van der Waals surface area contributed by atoms with E-state index >= 15 is 0 Å². The maximum Gasteiger partial charge on any atom is 0.490 e. The molecule has 0 spiro atoms. The molecule has 1 aromatic heterocycles. The van der Waals surface area contributed by atoms with Gasteiger partial charge >= 0.3 is 12.1 Å². The molecular weight excluding hydrogens is 413 g/mol. The number of aliphatic carboxylic acids is 1. The molecule has 10 heteroatoms. The average molecular weight is 440 g/mol. The van der Waals surface area contributed by atoms with Crippen molar-refractivity contribution in [3.63, 3.8) is 0 Å². The van der Waals surface area contributed by atoms with Crippen molar-refractivity contribution in [2.45, 2.75) is 32.1 Å². The molecule has 0 fully saturated rings. The van der Waals surface area contributed by atoms with Crippen LogP contribution < -0.4 is 0 Å². The number of rotatable bonds is 5. The standard InChI is InChI=1S/C19H26N4O.C2HF3O2/c1-21(2)12-17-13-22-11-10-20-18(22)15-23(14-17)19(24)9-8-16-6-4-3-5-7-16;3-2(4,5)1(6)7/h3-7,10-11,17H,8-9,12-15H2,1-2H3;(H,6,7). The molecule has 1 unspecified atom stereocenters. The molecule has 3 rings (SSSR count). The summed E-state index contributed by atoms with van der Waals surface area (Å²) in [5, 5.41) is 7.12. The molecular formula is C21H27F3N4O3. The maximum absolute atomic E-state index is 12.8. The van der Waals surface area contributed by atoms with E-state index in [1.807, 2.05) is 35.5 Å². The van der Waals surface area contributed by atoms with E-state index in [-0.39, 0.29) is 5.91 Å². The van der Waals surface area contributed by atoms with E-state index in [0.717, 1.165) is 31.9 Å². The van der Waals surface area contributed by atoms with Crippen molar-refractivity contribution in [1.29, 1.82) is 0 Å². The number of carboxylic acid groups (broad SMARTS) is 1. The van der Waals surface area contributed by atoms with Gasteiger partial charge in [0.2, 0.25) is 5.91 Å². The van der Waals surface area contributed by atoms with Crippen LogP contribution in [0.2, 0.25) is 0 Å². The van der Waals surface area contributed by atoms with E-state index in [0.29, 0.717) is 18.9 Å². The van der Waals surface area contributed by atoms with Gasteiger partial charge in [0.1, 0.15) is 5.82 Å². The fourth-order valence-corrected chi connectivity index (χ4v) is 3.42. The third kappa shape index (κ3) is 8.05. The van der Waals surface area contributed by atoms with E-state index in [9.17, 15) is 18.0 Å². The number of carboxylic acids is 1. The Hall–Kier alpha value is -2.88. The lowest BCUT2D eigenvalue weighted by atomic mass is 10.1. The van der Waals surface area contributed by atoms with Gasteiger partial charge in [-0.05, 0) is 26.1 Å². The number of amides is 1. The molecule has 1 aliphatic rings. The molecule has 0 aliphatic carbocycles. The van der Waals surface area contributed by atoms with Crippen LogP contribution in [0.5, 0.6) is 0 Å². The van der Waals surface area contributed by atoms with Crippen LogP contribution in [0.25, 0.3) is 0 Å². The van der Waals surface area contributed by atoms with Crippen LogP contribution in [0.3, 0.4) is 0 Å². The van der Waals surface area contributed by atoms with Gasteiger partial charge in [-0.15, -0.1) is 0 Å². The minimum absolute atomic E-state index is 0.221. The number of hydrogen-bond acceptors (Lipinski definition) is 4. The fourth-order valence-electron chi connectivity index (χ4n) is 3.42. The highest BCUT2D eigenvalue weighted by atomic mass is 19.4. The van der Waals surface area contributed by atoms with Gasteiger partial charge in [-0.2, -0.15) is 13.2 Å². The molecule has 1 atom stereocenters. The van der Waals surface area contributed by atoms with Crippen molar-refractivity contribution in [3.05, 3.63) is 54.1 Å². The molecule has 2 heterocycles. The Bertz CT molecular complexity index is 853. The van der Waals surface area contributed by atoms with Crippen LogP contribution in [-0.2, 0) is 29.1 Å². The quantitative estimate of drug-likeness (QED) is 0.774. The van der Waals surface area contributed by atoms with E-state index in [4.69, 9.17) is 9.90 Å². The predicted molar refractivity (Wildman–Crippen MR) is 108 cm³/mol. The molecule has 1 aliphatic heterocycles. The third-order valence-electron chi connectivity index (χ3n) is 4.76. The van der Waals surface area contributed by atoms with Crippen LogP contribution in [0.1, 0.15) is 17.8 Å². The first-order chi connectivity index (χ1) is 14.6. The topological polar surface area (TPSA) is 78.7 Å². The van der Waals surface area contributed by atoms with Gasteiger partial charge in [0.05, 0.1) is 6.54 Å². The lowest BCUT2D eigenvalue weighted by Gasteiger charge is -2.26. The minimum Gasteiger partial charge on any atom is -0.475 e. The zero-order valence-corrected chi connectivity index (χ0v) is 17.5. The minimum atomic E-state index is -5.08. The first-order valence-electron chi connectivity index (χ1n) is 9.82. The van der Waals surface area contributed by atoms with Crippen LogP contribution in [0.15, 0.2) is 42.7 Å². The van der Waals surface area contributed by atoms with Gasteiger partial charge < -0.3 is 19.5 Å². The van der Waals surface area contributed by atoms with Crippen molar-refractivity contribution in [3.8, 4) is 0 Å². The van der Waals surface area contributed by atoms with E-state index in [2.05, 4.69) is 40.7 Å². The van der Waals surface area contributed by atoms with Crippen LogP contribution >= 0.6 is 0 Å². The summed E-state index contributed by atoms with van der Waals surface area (Å²) in [6, 6.07) is 10.2. The highest BCUT2D eigenvalue weighted by Gasteiger charge is 2.38. The molecule has 2 aromatic rings. The second kappa shape index (κ2) is 10.9. The van der Waals surface area contributed by atoms with Crippen LogP contribution in [0, 0.1) is 5.92 Å². The van der Waals surface area contributed by atoms with E-state index in [1.165, 1.54) is 5.56 Å². The number of benzene rings is 1. The highest BCUT2D eigenvalue weighted by Crippen LogP contribution is 2.18. The molecule has 170 valence electrons. The van der Waals surface area contributed by atoms with E-state index in [1.54, 1.807) is 0 Å². The number of nitrogens with zero attached hydrogens (tertiary/aromatic N) is 4. The van der Waals surface area contributed by atoms with Gasteiger partial charge in [-0.1, -0.05) is 30.3 Å². The summed E-state index contributed by atoms with van der Waals surface area (Å²) in [4.78, 5) is 30.3. The Morgan fingerprint density at radius 3 is 2.42 bits per heavy atom. The smallest absolute Gasteiger partial charge is 0.475 e. The molecule has 7 nitrogen and oxygen atoms in total. The predicted octanol–water partition coefficient (Wildman–Crippen LogP) is 2.67. The van der Waals surface area contributed by atoms with Crippen LogP contribution in [-0.4, -0.2) is 69.7 Å². The number of carbonyl (C=O) groups excluding carboxylic acids is 1. The summed E-state index contributed by atoms with van der Waals surface area (Å²) in [7, 11) is 4.17. The Labute approximate surface area is 179 Å². The number of aryl methyl sites for hydroxylation is 1. The second-order valence-corrected chi connectivity index (χ2v) is 7.69. The zero-order valence-electron chi connectivity index (χ0n) is 17.5. The molecule has 0 saturated carbocycles. The maximum atomic E-state index is 12.8. The summed E-state index contributed by atoms with van der Waals surface area (Å²) in [5.41, 5.74) is 1.21. The third-order valence-corrected chi connectivity index (χ3v) is 4.76. The summed E-state index contributed by atoms with van der Waals surface area (Å²) in [6.45, 7) is 3.32. The Kier molecular flexibility index (Phi) is 8.61. The molecule has 1 aromatic carbocycles. The molecule has 0 bridgehead atoms. The molecule has 31 heavy (non-hydrogen) atoms. The van der Waals surface area contributed by atoms with Crippen molar-refractivity contribution in [2.75, 3.05) is 27.2 Å². The number of hydrogen-bond donors (Lipinski definition) is 1. The fraction of sp³-hybridized carbons (Fsp3) is 0.476. The second-order valence-electron chi connectivity index (χ2n) is 7.69. The summed E-state index contributed by atoms with van der Waals surface area (Å²) < 4.78 is 33.9. The average Bonchev–Trinajstić information content (AvgIpc) is 3.04. The number of halogens is 3. The Balaban J connectivity index is 0.000000423. The Morgan fingerprint density at radius 1 is 1.19 bits per heavy atom. The lowest BCUT2D eigenvalue weighted by Crippen LogP contribution is -2.37. The highest BCUT2D eigenvalue weighted by molar-refractivity contribution is 5.76. The van der Waals surface area contributed by atoms with Crippen molar-refractivity contribution in [2.24, 2.45) is 5.92 Å². The number of fused-ring (bicyclic) bond motifs is 1. The monoisotopic (exact) mass is 440 g/mol. The number of aromatic nitrogens is 2. The first-order valence-corrected chi connectivity index (χ1v) is 9.82. The molecule has 1 amide bonds. The zero-order chi connectivity index (χ0) is 23.0. The summed E-state index contributed by atoms with van der Waals surface area (Å²) in [6.07, 6.45) is 0.123. The summed E-state index contributed by atoms with van der Waals surface area (Å²) >= 11 is 0. The van der Waals surface area contributed by atoms with Gasteiger partial charge in [0, 0.05) is 44.4 Å². The van der Waals surface area contributed by atoms with Crippen molar-refractivity contribution in [1.82, 2.24) is 19.4 Å². The van der Waals surface area contributed by atoms with Gasteiger partial charge in [-0.25, -0.2) is 9.78 Å². The molecule has 0 radical (unpaired) electrons. The van der Waals surface area contributed by atoms with Gasteiger partial charge in [0.25, 0.3) is 0 Å². The number of alkyl halides is 3.